The summed E-state index contributed by atoms with van der Waals surface area (Å²) < 4.78 is 0. The topological polar surface area (TPSA) is 38.3 Å². The molecule has 0 radical (unpaired) electrons. The van der Waals surface area contributed by atoms with Crippen LogP contribution in [0.15, 0.2) is 42.0 Å². The Kier molecular flexibility index (Phi) is 4.29. The molecule has 0 saturated heterocycles. The van der Waals surface area contributed by atoms with E-state index in [9.17, 15) is 4.79 Å². The number of carbonyl (C=O) groups excluding carboxylic acids is 1. The van der Waals surface area contributed by atoms with Gasteiger partial charge in [0, 0.05) is 0 Å². The normalized spacial score (nSPS) is 23.0. The number of hydrogen-bond donors (Lipinski definition) is 1. The third-order valence-corrected chi connectivity index (χ3v) is 3.96. The van der Waals surface area contributed by atoms with Gasteiger partial charge in [0.2, 0.25) is 5.91 Å². The molecule has 0 heterocycles. The van der Waals surface area contributed by atoms with Gasteiger partial charge in [-0.25, -0.2) is 5.48 Å². The minimum Gasteiger partial charge on any atom is -0.272 e. The van der Waals surface area contributed by atoms with E-state index in [0.717, 1.165) is 5.56 Å². The molecule has 108 valence electrons. The summed E-state index contributed by atoms with van der Waals surface area (Å²) in [6.07, 6.45) is 2.18. The fourth-order valence-electron chi connectivity index (χ4n) is 2.68. The Balaban J connectivity index is 1.83. The van der Waals surface area contributed by atoms with Crippen molar-refractivity contribution in [3.8, 4) is 0 Å². The first kappa shape index (κ1) is 14.8. The number of allylic oxidation sites excluding steroid dienone is 2. The first-order valence-electron chi connectivity index (χ1n) is 7.03. The number of benzene rings is 1. The standard InChI is InChI=1S/C17H23NO2/c1-12(2)10-14-15(17(14,3)4)16(19)18-20-11-13-8-6-5-7-9-13/h5-10,14-15H,11H2,1-4H3,(H,18,19)/t14-,15+/m1/s1. The number of hydroxylamine groups is 1. The monoisotopic (exact) mass is 273 g/mol. The maximum absolute atomic E-state index is 12.1. The SMILES string of the molecule is CC(C)=C[C@@H]1[C@@H](C(=O)NOCc2ccccc2)C1(C)C. The Hall–Kier alpha value is -1.61. The molecule has 0 aliphatic heterocycles. The number of hydrogen-bond acceptors (Lipinski definition) is 2. The smallest absolute Gasteiger partial charge is 0.247 e. The summed E-state index contributed by atoms with van der Waals surface area (Å²) >= 11 is 0. The highest BCUT2D eigenvalue weighted by molar-refractivity contribution is 5.82. The van der Waals surface area contributed by atoms with Gasteiger partial charge in [-0.2, -0.15) is 0 Å². The van der Waals surface area contributed by atoms with Crippen molar-refractivity contribution in [2.45, 2.75) is 34.3 Å². The molecular formula is C17H23NO2. The zero-order valence-corrected chi connectivity index (χ0v) is 12.6. The molecule has 0 spiro atoms. The van der Waals surface area contributed by atoms with Gasteiger partial charge < -0.3 is 0 Å². The molecular weight excluding hydrogens is 250 g/mol. The summed E-state index contributed by atoms with van der Waals surface area (Å²) in [5, 5.41) is 0. The predicted octanol–water partition coefficient (Wildman–Crippen LogP) is 3.47. The summed E-state index contributed by atoms with van der Waals surface area (Å²) in [5.74, 6) is 0.300. The largest absolute Gasteiger partial charge is 0.272 e. The van der Waals surface area contributed by atoms with Crippen LogP contribution in [0.5, 0.6) is 0 Å². The molecule has 2 rings (SSSR count). The lowest BCUT2D eigenvalue weighted by Crippen LogP contribution is -2.27. The van der Waals surface area contributed by atoms with Gasteiger partial charge in [0.05, 0.1) is 12.5 Å². The van der Waals surface area contributed by atoms with Gasteiger partial charge in [0.15, 0.2) is 0 Å². The Morgan fingerprint density at radius 2 is 1.95 bits per heavy atom. The van der Waals surface area contributed by atoms with Gasteiger partial charge in [-0.15, -0.1) is 0 Å². The van der Waals surface area contributed by atoms with Crippen molar-refractivity contribution >= 4 is 5.91 Å². The van der Waals surface area contributed by atoms with Gasteiger partial charge in [-0.1, -0.05) is 55.8 Å². The first-order chi connectivity index (χ1) is 9.43. The van der Waals surface area contributed by atoms with Crippen LogP contribution in [-0.2, 0) is 16.2 Å². The number of rotatable bonds is 5. The predicted molar refractivity (Wildman–Crippen MR) is 79.6 cm³/mol. The molecule has 20 heavy (non-hydrogen) atoms. The van der Waals surface area contributed by atoms with Crippen LogP contribution in [0.25, 0.3) is 0 Å². The van der Waals surface area contributed by atoms with E-state index in [2.05, 4.69) is 39.3 Å². The highest BCUT2D eigenvalue weighted by atomic mass is 16.6. The molecule has 1 aliphatic carbocycles. The molecule has 1 saturated carbocycles. The number of carbonyl (C=O) groups is 1. The molecule has 0 aromatic heterocycles. The van der Waals surface area contributed by atoms with E-state index in [1.165, 1.54) is 5.57 Å². The van der Waals surface area contributed by atoms with E-state index < -0.39 is 0 Å². The molecule has 1 N–H and O–H groups in total. The van der Waals surface area contributed by atoms with Gasteiger partial charge in [0.25, 0.3) is 0 Å². The van der Waals surface area contributed by atoms with Crippen LogP contribution in [0.3, 0.4) is 0 Å². The summed E-state index contributed by atoms with van der Waals surface area (Å²) in [5.41, 5.74) is 4.91. The van der Waals surface area contributed by atoms with Crippen LogP contribution in [0.2, 0.25) is 0 Å². The Bertz CT molecular complexity index is 501. The van der Waals surface area contributed by atoms with Crippen LogP contribution in [0.1, 0.15) is 33.3 Å². The van der Waals surface area contributed by atoms with Gasteiger partial charge in [-0.05, 0) is 30.7 Å². The summed E-state index contributed by atoms with van der Waals surface area (Å²) in [4.78, 5) is 17.4. The lowest BCUT2D eigenvalue weighted by atomic mass is 10.1. The van der Waals surface area contributed by atoms with Crippen molar-refractivity contribution in [3.63, 3.8) is 0 Å². The molecule has 3 heteroatoms. The van der Waals surface area contributed by atoms with Gasteiger partial charge >= 0.3 is 0 Å². The van der Waals surface area contributed by atoms with Crippen LogP contribution in [0.4, 0.5) is 0 Å². The quantitative estimate of drug-likeness (QED) is 0.659. The second kappa shape index (κ2) is 5.80. The number of amides is 1. The van der Waals surface area contributed by atoms with E-state index in [1.54, 1.807) is 0 Å². The third kappa shape index (κ3) is 3.28. The molecule has 1 aliphatic rings. The number of nitrogens with one attached hydrogen (secondary N) is 1. The summed E-state index contributed by atoms with van der Waals surface area (Å²) in [6.45, 7) is 8.77. The average Bonchev–Trinajstić information content (AvgIpc) is 2.91. The molecule has 3 nitrogen and oxygen atoms in total. The van der Waals surface area contributed by atoms with Crippen LogP contribution < -0.4 is 5.48 Å². The Morgan fingerprint density at radius 3 is 2.55 bits per heavy atom. The fourth-order valence-corrected chi connectivity index (χ4v) is 2.68. The van der Waals surface area contributed by atoms with E-state index in [4.69, 9.17) is 4.84 Å². The highest BCUT2D eigenvalue weighted by Gasteiger charge is 2.60. The zero-order chi connectivity index (χ0) is 14.8. The summed E-state index contributed by atoms with van der Waals surface area (Å²) in [7, 11) is 0. The lowest BCUT2D eigenvalue weighted by Gasteiger charge is -2.06. The van der Waals surface area contributed by atoms with Crippen LogP contribution in [-0.4, -0.2) is 5.91 Å². The van der Waals surface area contributed by atoms with E-state index >= 15 is 0 Å². The van der Waals surface area contributed by atoms with Crippen molar-refractivity contribution < 1.29 is 9.63 Å². The Morgan fingerprint density at radius 1 is 1.30 bits per heavy atom. The average molecular weight is 273 g/mol. The molecule has 1 fully saturated rings. The molecule has 1 amide bonds. The zero-order valence-electron chi connectivity index (χ0n) is 12.6. The van der Waals surface area contributed by atoms with Crippen LogP contribution >= 0.6 is 0 Å². The summed E-state index contributed by atoms with van der Waals surface area (Å²) in [6, 6.07) is 9.81. The van der Waals surface area contributed by atoms with Gasteiger partial charge in [0.1, 0.15) is 0 Å². The minimum absolute atomic E-state index is 0.00757. The fraction of sp³-hybridized carbons (Fsp3) is 0.471. The molecule has 1 aromatic carbocycles. The van der Waals surface area contributed by atoms with Crippen molar-refractivity contribution in [2.24, 2.45) is 17.3 Å². The van der Waals surface area contributed by atoms with Crippen molar-refractivity contribution in [3.05, 3.63) is 47.5 Å². The third-order valence-electron chi connectivity index (χ3n) is 3.96. The first-order valence-corrected chi connectivity index (χ1v) is 7.03. The Labute approximate surface area is 121 Å². The van der Waals surface area contributed by atoms with Crippen LogP contribution in [0, 0.1) is 17.3 Å². The van der Waals surface area contributed by atoms with Gasteiger partial charge in [-0.3, -0.25) is 9.63 Å². The molecule has 0 bridgehead atoms. The molecule has 1 aromatic rings. The second-order valence-electron chi connectivity index (χ2n) is 6.31. The maximum atomic E-state index is 12.1. The van der Waals surface area contributed by atoms with E-state index in [1.807, 2.05) is 30.3 Å². The van der Waals surface area contributed by atoms with E-state index in [-0.39, 0.29) is 17.2 Å². The van der Waals surface area contributed by atoms with Crippen molar-refractivity contribution in [2.75, 3.05) is 0 Å². The highest BCUT2D eigenvalue weighted by Crippen LogP contribution is 2.59. The molecule has 2 atom stereocenters. The van der Waals surface area contributed by atoms with E-state index in [0.29, 0.717) is 12.5 Å². The second-order valence-corrected chi connectivity index (χ2v) is 6.31. The lowest BCUT2D eigenvalue weighted by molar-refractivity contribution is -0.136. The molecule has 0 unspecified atom stereocenters. The van der Waals surface area contributed by atoms with Crippen molar-refractivity contribution in [1.29, 1.82) is 0 Å². The minimum atomic E-state index is -0.0200. The van der Waals surface area contributed by atoms with Crippen molar-refractivity contribution in [1.82, 2.24) is 5.48 Å². The maximum Gasteiger partial charge on any atom is 0.247 e.